The lowest BCUT2D eigenvalue weighted by Gasteiger charge is -2.17. The van der Waals surface area contributed by atoms with Crippen LogP contribution in [0.15, 0.2) is 72.4 Å². The van der Waals surface area contributed by atoms with Crippen LogP contribution >= 0.6 is 0 Å². The van der Waals surface area contributed by atoms with Crippen LogP contribution in [0.1, 0.15) is 11.1 Å². The highest BCUT2D eigenvalue weighted by Gasteiger charge is 2.41. The molecule has 7 nitrogen and oxygen atoms in total. The van der Waals surface area contributed by atoms with Crippen LogP contribution in [0.3, 0.4) is 0 Å². The van der Waals surface area contributed by atoms with Crippen molar-refractivity contribution < 1.29 is 23.8 Å². The average Bonchev–Trinajstić information content (AvgIpc) is 3.08. The predicted molar refractivity (Wildman–Crippen MR) is 127 cm³/mol. The number of para-hydroxylation sites is 1. The fraction of sp³-hybridized carbons (Fsp3) is 0.154. The van der Waals surface area contributed by atoms with Gasteiger partial charge in [-0.15, -0.1) is 0 Å². The summed E-state index contributed by atoms with van der Waals surface area (Å²) in [5.74, 6) is 0.613. The van der Waals surface area contributed by atoms with Gasteiger partial charge in [0, 0.05) is 11.6 Å². The molecule has 0 spiro atoms. The smallest absolute Gasteiger partial charge is 0.282 e. The number of methoxy groups -OCH3 is 3. The first-order valence-corrected chi connectivity index (χ1v) is 10.3. The maximum absolute atomic E-state index is 13.7. The SMILES string of the molecule is COc1cccc(N2C(=O)C(Nc3cc(C)ccc3OC)=C(c3ccccc3OC)C2=O)c1. The van der Waals surface area contributed by atoms with Gasteiger partial charge < -0.3 is 19.5 Å². The molecule has 0 unspecified atom stereocenters. The van der Waals surface area contributed by atoms with Gasteiger partial charge in [-0.3, -0.25) is 9.59 Å². The minimum atomic E-state index is -0.488. The Hall–Kier alpha value is -4.26. The van der Waals surface area contributed by atoms with Crippen LogP contribution in [-0.2, 0) is 9.59 Å². The Morgan fingerprint density at radius 1 is 0.758 bits per heavy atom. The summed E-state index contributed by atoms with van der Waals surface area (Å²) in [5.41, 5.74) is 2.82. The van der Waals surface area contributed by atoms with Gasteiger partial charge in [0.2, 0.25) is 0 Å². The van der Waals surface area contributed by atoms with Crippen molar-refractivity contribution in [3.63, 3.8) is 0 Å². The fourth-order valence-corrected chi connectivity index (χ4v) is 3.78. The van der Waals surface area contributed by atoms with Crippen LogP contribution in [-0.4, -0.2) is 33.1 Å². The molecule has 2 amide bonds. The Balaban J connectivity index is 1.89. The van der Waals surface area contributed by atoms with Gasteiger partial charge in [-0.05, 0) is 42.8 Å². The molecule has 0 fully saturated rings. The van der Waals surface area contributed by atoms with Crippen LogP contribution in [0.4, 0.5) is 11.4 Å². The maximum atomic E-state index is 13.7. The molecule has 1 aliphatic heterocycles. The molecule has 0 radical (unpaired) electrons. The molecule has 33 heavy (non-hydrogen) atoms. The first-order chi connectivity index (χ1) is 16.0. The lowest BCUT2D eigenvalue weighted by molar-refractivity contribution is -0.120. The highest BCUT2D eigenvalue weighted by molar-refractivity contribution is 6.46. The molecule has 7 heteroatoms. The van der Waals surface area contributed by atoms with Gasteiger partial charge in [-0.1, -0.05) is 30.3 Å². The van der Waals surface area contributed by atoms with E-state index in [1.807, 2.05) is 25.1 Å². The lowest BCUT2D eigenvalue weighted by atomic mass is 10.0. The summed E-state index contributed by atoms with van der Waals surface area (Å²) in [6.07, 6.45) is 0. The molecule has 3 aromatic carbocycles. The second-order valence-corrected chi connectivity index (χ2v) is 7.43. The van der Waals surface area contributed by atoms with Crippen LogP contribution in [0.25, 0.3) is 5.57 Å². The highest BCUT2D eigenvalue weighted by atomic mass is 16.5. The number of amides is 2. The monoisotopic (exact) mass is 444 g/mol. The topological polar surface area (TPSA) is 77.1 Å². The second kappa shape index (κ2) is 9.08. The molecular formula is C26H24N2O5. The lowest BCUT2D eigenvalue weighted by Crippen LogP contribution is -2.32. The molecule has 0 atom stereocenters. The van der Waals surface area contributed by atoms with E-state index in [4.69, 9.17) is 14.2 Å². The summed E-state index contributed by atoms with van der Waals surface area (Å²) in [6, 6.07) is 19.5. The van der Waals surface area contributed by atoms with E-state index in [1.165, 1.54) is 14.2 Å². The number of hydrogen-bond donors (Lipinski definition) is 1. The van der Waals surface area contributed by atoms with Crippen molar-refractivity contribution in [2.75, 3.05) is 31.5 Å². The normalized spacial score (nSPS) is 13.4. The van der Waals surface area contributed by atoms with Crippen LogP contribution < -0.4 is 24.4 Å². The van der Waals surface area contributed by atoms with E-state index in [1.54, 1.807) is 55.6 Å². The van der Waals surface area contributed by atoms with Gasteiger partial charge in [0.05, 0.1) is 38.3 Å². The van der Waals surface area contributed by atoms with E-state index in [9.17, 15) is 9.59 Å². The number of aryl methyl sites for hydroxylation is 1. The third-order valence-electron chi connectivity index (χ3n) is 5.39. The van der Waals surface area contributed by atoms with Gasteiger partial charge >= 0.3 is 0 Å². The minimum Gasteiger partial charge on any atom is -0.497 e. The van der Waals surface area contributed by atoms with E-state index < -0.39 is 11.8 Å². The molecule has 0 aromatic heterocycles. The largest absolute Gasteiger partial charge is 0.497 e. The Labute approximate surface area is 192 Å². The quantitative estimate of drug-likeness (QED) is 0.544. The number of benzene rings is 3. The average molecular weight is 444 g/mol. The Kier molecular flexibility index (Phi) is 6.04. The third-order valence-corrected chi connectivity index (χ3v) is 5.39. The molecule has 1 heterocycles. The number of rotatable bonds is 7. The molecular weight excluding hydrogens is 420 g/mol. The number of carbonyl (C=O) groups is 2. The Morgan fingerprint density at radius 2 is 1.52 bits per heavy atom. The number of imide groups is 1. The first kappa shape index (κ1) is 22.0. The van der Waals surface area contributed by atoms with Crippen molar-refractivity contribution >= 4 is 28.8 Å². The third kappa shape index (κ3) is 4.01. The highest BCUT2D eigenvalue weighted by Crippen LogP contribution is 2.39. The van der Waals surface area contributed by atoms with Crippen molar-refractivity contribution in [2.45, 2.75) is 6.92 Å². The van der Waals surface area contributed by atoms with E-state index in [2.05, 4.69) is 5.32 Å². The molecule has 4 rings (SSSR count). The van der Waals surface area contributed by atoms with Crippen molar-refractivity contribution in [3.05, 3.63) is 83.6 Å². The minimum absolute atomic E-state index is 0.135. The predicted octanol–water partition coefficient (Wildman–Crippen LogP) is 4.42. The van der Waals surface area contributed by atoms with Gasteiger partial charge in [0.25, 0.3) is 11.8 Å². The molecule has 168 valence electrons. The molecule has 0 aliphatic carbocycles. The number of nitrogens with one attached hydrogen (secondary N) is 1. The maximum Gasteiger partial charge on any atom is 0.282 e. The van der Waals surface area contributed by atoms with Crippen molar-refractivity contribution in [1.29, 1.82) is 0 Å². The van der Waals surface area contributed by atoms with Gasteiger partial charge in [0.1, 0.15) is 22.9 Å². The van der Waals surface area contributed by atoms with Crippen LogP contribution in [0.5, 0.6) is 17.2 Å². The van der Waals surface area contributed by atoms with Crippen molar-refractivity contribution in [3.8, 4) is 17.2 Å². The van der Waals surface area contributed by atoms with Crippen molar-refractivity contribution in [1.82, 2.24) is 0 Å². The first-order valence-electron chi connectivity index (χ1n) is 10.3. The van der Waals surface area contributed by atoms with Crippen molar-refractivity contribution in [2.24, 2.45) is 0 Å². The van der Waals surface area contributed by atoms with Gasteiger partial charge in [-0.25, -0.2) is 4.90 Å². The zero-order valence-electron chi connectivity index (χ0n) is 18.8. The van der Waals surface area contributed by atoms with Gasteiger partial charge in [0.15, 0.2) is 0 Å². The van der Waals surface area contributed by atoms with E-state index >= 15 is 0 Å². The molecule has 3 aromatic rings. The molecule has 1 aliphatic rings. The molecule has 0 bridgehead atoms. The Bertz CT molecular complexity index is 1270. The Morgan fingerprint density at radius 3 is 2.24 bits per heavy atom. The second-order valence-electron chi connectivity index (χ2n) is 7.43. The zero-order valence-corrected chi connectivity index (χ0v) is 18.8. The fourth-order valence-electron chi connectivity index (χ4n) is 3.78. The summed E-state index contributed by atoms with van der Waals surface area (Å²) < 4.78 is 16.2. The standard InChI is InChI=1S/C26H24N2O5/c1-16-12-13-22(33-4)20(14-16)27-24-23(19-10-5-6-11-21(19)32-3)25(29)28(26(24)30)17-8-7-9-18(15-17)31-2/h5-15,27H,1-4H3. The number of ether oxygens (including phenoxy) is 3. The summed E-state index contributed by atoms with van der Waals surface area (Å²) in [4.78, 5) is 28.5. The molecule has 1 N–H and O–H groups in total. The summed E-state index contributed by atoms with van der Waals surface area (Å²) in [7, 11) is 4.61. The molecule has 0 saturated carbocycles. The van der Waals surface area contributed by atoms with E-state index in [0.29, 0.717) is 34.2 Å². The zero-order chi connectivity index (χ0) is 23.5. The molecule has 0 saturated heterocycles. The van der Waals surface area contributed by atoms with Crippen LogP contribution in [0, 0.1) is 6.92 Å². The summed E-state index contributed by atoms with van der Waals surface area (Å²) >= 11 is 0. The number of hydrogen-bond acceptors (Lipinski definition) is 6. The van der Waals surface area contributed by atoms with E-state index in [0.717, 1.165) is 10.5 Å². The number of anilines is 2. The van der Waals surface area contributed by atoms with Gasteiger partial charge in [-0.2, -0.15) is 0 Å². The summed E-state index contributed by atoms with van der Waals surface area (Å²) in [6.45, 7) is 1.93. The summed E-state index contributed by atoms with van der Waals surface area (Å²) in [5, 5.41) is 3.17. The number of carbonyl (C=O) groups excluding carboxylic acids is 2. The van der Waals surface area contributed by atoms with Crippen LogP contribution in [0.2, 0.25) is 0 Å². The van der Waals surface area contributed by atoms with E-state index in [-0.39, 0.29) is 11.3 Å². The number of nitrogens with zero attached hydrogens (tertiary/aromatic N) is 1.